The van der Waals surface area contributed by atoms with Gasteiger partial charge in [-0.25, -0.2) is 0 Å². The number of amides is 1. The van der Waals surface area contributed by atoms with Crippen molar-refractivity contribution in [2.45, 2.75) is 45.5 Å². The van der Waals surface area contributed by atoms with Crippen molar-refractivity contribution in [3.63, 3.8) is 0 Å². The molecule has 0 radical (unpaired) electrons. The second-order valence-electron chi connectivity index (χ2n) is 6.92. The van der Waals surface area contributed by atoms with Crippen LogP contribution < -0.4 is 5.32 Å². The van der Waals surface area contributed by atoms with Gasteiger partial charge >= 0.3 is 12.1 Å². The molecule has 1 N–H and O–H groups in total. The van der Waals surface area contributed by atoms with Crippen LogP contribution in [0.3, 0.4) is 0 Å². The lowest BCUT2D eigenvalue weighted by molar-refractivity contribution is -0.175. The van der Waals surface area contributed by atoms with E-state index in [4.69, 9.17) is 0 Å². The molecule has 1 aliphatic heterocycles. The van der Waals surface area contributed by atoms with Gasteiger partial charge in [-0.3, -0.25) is 9.69 Å². The number of hydrogen-bond donors (Lipinski definition) is 1. The number of halogens is 3. The summed E-state index contributed by atoms with van der Waals surface area (Å²) in [5.41, 5.74) is 2.30. The Morgan fingerprint density at radius 3 is 1.83 bits per heavy atom. The first-order chi connectivity index (χ1) is 13.9. The summed E-state index contributed by atoms with van der Waals surface area (Å²) in [7, 11) is 0. The average molecular weight is 406 g/mol. The molecule has 3 rings (SSSR count). The fourth-order valence-electron chi connectivity index (χ4n) is 3.70. The van der Waals surface area contributed by atoms with E-state index in [1.54, 1.807) is 6.92 Å². The molecule has 158 valence electrons. The lowest BCUT2D eigenvalue weighted by Crippen LogP contribution is -2.58. The number of hydrogen-bond acceptors (Lipinski definition) is 2. The molecule has 1 unspecified atom stereocenters. The third-order valence-corrected chi connectivity index (χ3v) is 5.12. The first kappa shape index (κ1) is 22.9. The predicted octanol–water partition coefficient (Wildman–Crippen LogP) is 5.19. The number of likely N-dealkylation sites (tertiary alicyclic amines) is 1. The molecule has 29 heavy (non-hydrogen) atoms. The summed E-state index contributed by atoms with van der Waals surface area (Å²) in [6, 6.07) is 19.7. The first-order valence-electron chi connectivity index (χ1n) is 10.1. The smallest absolute Gasteiger partial charge is 0.345 e. The number of nitrogens with zero attached hydrogens (tertiary/aromatic N) is 1. The van der Waals surface area contributed by atoms with Gasteiger partial charge in [0.1, 0.15) is 0 Å². The summed E-state index contributed by atoms with van der Waals surface area (Å²) in [5.74, 6) is -1.84. The van der Waals surface area contributed by atoms with Crippen LogP contribution in [0.5, 0.6) is 0 Å². The predicted molar refractivity (Wildman–Crippen MR) is 109 cm³/mol. The van der Waals surface area contributed by atoms with Gasteiger partial charge in [0.15, 0.2) is 0 Å². The Morgan fingerprint density at radius 2 is 1.45 bits per heavy atom. The van der Waals surface area contributed by atoms with Crippen LogP contribution in [-0.2, 0) is 4.79 Å². The van der Waals surface area contributed by atoms with E-state index in [1.807, 2.05) is 50.2 Å². The van der Waals surface area contributed by atoms with E-state index in [2.05, 4.69) is 34.5 Å². The third kappa shape index (κ3) is 5.82. The molecule has 1 atom stereocenters. The molecule has 1 fully saturated rings. The topological polar surface area (TPSA) is 32.3 Å². The van der Waals surface area contributed by atoms with Gasteiger partial charge in [0, 0.05) is 25.0 Å². The molecular formula is C23H29F3N2O. The second kappa shape index (κ2) is 10.4. The van der Waals surface area contributed by atoms with Gasteiger partial charge in [0.05, 0.1) is 6.04 Å². The largest absolute Gasteiger partial charge is 0.471 e. The van der Waals surface area contributed by atoms with E-state index in [9.17, 15) is 18.0 Å². The van der Waals surface area contributed by atoms with Crippen LogP contribution in [0.2, 0.25) is 0 Å². The van der Waals surface area contributed by atoms with Crippen LogP contribution >= 0.6 is 0 Å². The zero-order chi connectivity index (χ0) is 21.4. The number of carbonyl (C=O) groups is 1. The Morgan fingerprint density at radius 1 is 1.00 bits per heavy atom. The maximum atomic E-state index is 12.6. The summed E-state index contributed by atoms with van der Waals surface area (Å²) in [4.78, 5) is 13.5. The van der Waals surface area contributed by atoms with E-state index < -0.39 is 18.1 Å². The lowest BCUT2D eigenvalue weighted by Gasteiger charge is -2.47. The van der Waals surface area contributed by atoms with Crippen molar-refractivity contribution in [2.75, 3.05) is 13.1 Å². The van der Waals surface area contributed by atoms with Crippen LogP contribution in [0.4, 0.5) is 13.2 Å². The molecule has 0 spiro atoms. The molecule has 3 nitrogen and oxygen atoms in total. The molecule has 1 amide bonds. The minimum absolute atomic E-state index is 0.0104. The van der Waals surface area contributed by atoms with Gasteiger partial charge in [0.2, 0.25) is 0 Å². The molecule has 0 saturated carbocycles. The normalized spacial score (nSPS) is 15.8. The van der Waals surface area contributed by atoms with Gasteiger partial charge in [0.25, 0.3) is 0 Å². The number of benzene rings is 2. The molecule has 2 aromatic carbocycles. The summed E-state index contributed by atoms with van der Waals surface area (Å²) in [5, 5.41) is 2.16. The molecule has 1 heterocycles. The SMILES string of the molecule is CC.CCC(NC(=O)C(F)(F)F)C1CN(C(c2ccccc2)c2ccccc2)C1. The summed E-state index contributed by atoms with van der Waals surface area (Å²) in [6.07, 6.45) is -4.37. The van der Waals surface area contributed by atoms with E-state index in [0.717, 1.165) is 11.1 Å². The summed E-state index contributed by atoms with van der Waals surface area (Å²) >= 11 is 0. The summed E-state index contributed by atoms with van der Waals surface area (Å²) in [6.45, 7) is 7.09. The highest BCUT2D eigenvalue weighted by Gasteiger charge is 2.43. The minimum Gasteiger partial charge on any atom is -0.345 e. The van der Waals surface area contributed by atoms with Crippen molar-refractivity contribution < 1.29 is 18.0 Å². The van der Waals surface area contributed by atoms with Crippen molar-refractivity contribution in [2.24, 2.45) is 5.92 Å². The van der Waals surface area contributed by atoms with E-state index in [1.165, 1.54) is 0 Å². The fraction of sp³-hybridized carbons (Fsp3) is 0.435. The molecule has 2 aromatic rings. The molecule has 1 aliphatic rings. The first-order valence-corrected chi connectivity index (χ1v) is 10.1. The third-order valence-electron chi connectivity index (χ3n) is 5.12. The standard InChI is InChI=1S/C21H23F3N2O.C2H6/c1-2-18(25-20(27)21(22,23)24)17-13-26(14-17)19(15-9-5-3-6-10-15)16-11-7-4-8-12-16;1-2/h3-12,17-19H,2,13-14H2,1H3,(H,25,27);1-2H3. The number of alkyl halides is 3. The number of nitrogens with one attached hydrogen (secondary N) is 1. The molecule has 0 bridgehead atoms. The fourth-order valence-corrected chi connectivity index (χ4v) is 3.70. The minimum atomic E-state index is -4.84. The quantitative estimate of drug-likeness (QED) is 0.716. The molecule has 0 aromatic heterocycles. The van der Waals surface area contributed by atoms with Gasteiger partial charge in [-0.05, 0) is 17.5 Å². The van der Waals surface area contributed by atoms with E-state index in [0.29, 0.717) is 19.5 Å². The molecule has 6 heteroatoms. The Bertz CT molecular complexity index is 704. The number of carbonyl (C=O) groups excluding carboxylic acids is 1. The van der Waals surface area contributed by atoms with Crippen LogP contribution in [0.15, 0.2) is 60.7 Å². The van der Waals surface area contributed by atoms with Crippen LogP contribution in [-0.4, -0.2) is 36.1 Å². The Balaban J connectivity index is 0.00000145. The van der Waals surface area contributed by atoms with Gasteiger partial charge < -0.3 is 5.32 Å². The zero-order valence-corrected chi connectivity index (χ0v) is 17.1. The Hall–Kier alpha value is -2.34. The molecule has 1 saturated heterocycles. The zero-order valence-electron chi connectivity index (χ0n) is 17.1. The Labute approximate surface area is 170 Å². The van der Waals surface area contributed by atoms with Gasteiger partial charge in [-0.1, -0.05) is 81.4 Å². The second-order valence-corrected chi connectivity index (χ2v) is 6.92. The lowest BCUT2D eigenvalue weighted by atomic mass is 9.85. The highest BCUT2D eigenvalue weighted by atomic mass is 19.4. The van der Waals surface area contributed by atoms with Crippen LogP contribution in [0.1, 0.15) is 44.4 Å². The van der Waals surface area contributed by atoms with Gasteiger partial charge in [-0.2, -0.15) is 13.2 Å². The van der Waals surface area contributed by atoms with Crippen molar-refractivity contribution in [1.82, 2.24) is 10.2 Å². The monoisotopic (exact) mass is 406 g/mol. The average Bonchev–Trinajstić information content (AvgIpc) is 2.71. The highest BCUT2D eigenvalue weighted by Crippen LogP contribution is 2.35. The van der Waals surface area contributed by atoms with Gasteiger partial charge in [-0.15, -0.1) is 0 Å². The summed E-state index contributed by atoms with van der Waals surface area (Å²) < 4.78 is 37.7. The maximum absolute atomic E-state index is 12.6. The maximum Gasteiger partial charge on any atom is 0.471 e. The van der Waals surface area contributed by atoms with E-state index >= 15 is 0 Å². The van der Waals surface area contributed by atoms with Crippen LogP contribution in [0.25, 0.3) is 0 Å². The van der Waals surface area contributed by atoms with Crippen molar-refractivity contribution in [3.8, 4) is 0 Å². The van der Waals surface area contributed by atoms with Crippen molar-refractivity contribution in [3.05, 3.63) is 71.8 Å². The van der Waals surface area contributed by atoms with E-state index in [-0.39, 0.29) is 12.0 Å². The van der Waals surface area contributed by atoms with Crippen molar-refractivity contribution in [1.29, 1.82) is 0 Å². The van der Waals surface area contributed by atoms with Crippen molar-refractivity contribution >= 4 is 5.91 Å². The number of rotatable bonds is 6. The Kier molecular flexibility index (Phi) is 8.26. The van der Waals surface area contributed by atoms with Crippen LogP contribution in [0, 0.1) is 5.92 Å². The molecular weight excluding hydrogens is 377 g/mol. The highest BCUT2D eigenvalue weighted by molar-refractivity contribution is 5.82. The molecule has 0 aliphatic carbocycles.